The van der Waals surface area contributed by atoms with E-state index in [2.05, 4.69) is 68.3 Å². The zero-order valence-electron chi connectivity index (χ0n) is 13.8. The van der Waals surface area contributed by atoms with Gasteiger partial charge >= 0.3 is 0 Å². The zero-order valence-corrected chi connectivity index (χ0v) is 13.8. The topological polar surface area (TPSA) is 29.0 Å². The highest BCUT2D eigenvalue weighted by molar-refractivity contribution is 5.10. The molecule has 0 radical (unpaired) electrons. The van der Waals surface area contributed by atoms with E-state index in [9.17, 15) is 0 Å². The van der Waals surface area contributed by atoms with E-state index >= 15 is 0 Å². The molecule has 2 N–H and O–H groups in total. The minimum absolute atomic E-state index is 0.216. The number of hydrogen-bond acceptors (Lipinski definition) is 2. The Labute approximate surface area is 124 Å². The first-order valence-corrected chi connectivity index (χ1v) is 7.97. The third kappa shape index (κ3) is 4.35. The Morgan fingerprint density at radius 3 is 2.50 bits per heavy atom. The Bertz CT molecular complexity index is 415. The van der Waals surface area contributed by atoms with Gasteiger partial charge in [-0.15, -0.1) is 0 Å². The summed E-state index contributed by atoms with van der Waals surface area (Å²) in [6, 6.07) is 2.83. The minimum atomic E-state index is 0.216. The third-order valence-corrected chi connectivity index (χ3v) is 4.08. The van der Waals surface area contributed by atoms with Crippen LogP contribution in [0.2, 0.25) is 0 Å². The summed E-state index contributed by atoms with van der Waals surface area (Å²) in [5.74, 6) is 0. The fourth-order valence-corrected chi connectivity index (χ4v) is 3.72. The number of hydrogen-bond donors (Lipinski definition) is 2. The monoisotopic (exact) mass is 277 g/mol. The Hall–Kier alpha value is -0.800. The molecule has 0 aliphatic carbocycles. The van der Waals surface area contributed by atoms with E-state index in [-0.39, 0.29) is 11.1 Å². The highest BCUT2D eigenvalue weighted by Gasteiger charge is 2.37. The molecular weight excluding hydrogens is 246 g/mol. The van der Waals surface area contributed by atoms with Crippen molar-refractivity contribution in [2.24, 2.45) is 0 Å². The van der Waals surface area contributed by atoms with Crippen molar-refractivity contribution in [3.8, 4) is 0 Å². The standard InChI is InChI=1S/C17H31N3/c1-6-8-20-9-7-14(13-20)12-18-15-10-16(2,3)19-17(4,5)11-15/h7,9,13,15,18-19H,6,8,10-12H2,1-5H3. The first-order valence-electron chi connectivity index (χ1n) is 7.97. The minimum Gasteiger partial charge on any atom is -0.354 e. The summed E-state index contributed by atoms with van der Waals surface area (Å²) in [4.78, 5) is 0. The maximum absolute atomic E-state index is 3.75. The second kappa shape index (κ2) is 5.90. The average Bonchev–Trinajstić information content (AvgIpc) is 2.70. The molecule has 0 amide bonds. The normalized spacial score (nSPS) is 22.1. The number of nitrogens with zero attached hydrogens (tertiary/aromatic N) is 1. The van der Waals surface area contributed by atoms with Gasteiger partial charge in [-0.25, -0.2) is 0 Å². The van der Waals surface area contributed by atoms with E-state index < -0.39 is 0 Å². The second-order valence-electron chi connectivity index (χ2n) is 7.64. The molecule has 114 valence electrons. The molecule has 1 fully saturated rings. The number of piperidine rings is 1. The molecule has 0 aromatic carbocycles. The number of nitrogens with one attached hydrogen (secondary N) is 2. The lowest BCUT2D eigenvalue weighted by atomic mass is 9.79. The SMILES string of the molecule is CCCn1ccc(CNC2CC(C)(C)NC(C)(C)C2)c1. The van der Waals surface area contributed by atoms with Crippen molar-refractivity contribution in [2.45, 2.75) is 84.1 Å². The first-order chi connectivity index (χ1) is 9.30. The van der Waals surface area contributed by atoms with Crippen molar-refractivity contribution < 1.29 is 0 Å². The van der Waals surface area contributed by atoms with E-state index in [1.54, 1.807) is 0 Å². The summed E-state index contributed by atoms with van der Waals surface area (Å²) in [6.07, 6.45) is 8.03. The van der Waals surface area contributed by atoms with Crippen molar-refractivity contribution in [1.29, 1.82) is 0 Å². The second-order valence-corrected chi connectivity index (χ2v) is 7.64. The Morgan fingerprint density at radius 1 is 1.25 bits per heavy atom. The van der Waals surface area contributed by atoms with E-state index in [1.807, 2.05) is 0 Å². The summed E-state index contributed by atoms with van der Waals surface area (Å²) in [5.41, 5.74) is 1.83. The van der Waals surface area contributed by atoms with Crippen molar-refractivity contribution >= 4 is 0 Å². The van der Waals surface area contributed by atoms with Crippen LogP contribution >= 0.6 is 0 Å². The van der Waals surface area contributed by atoms with Gasteiger partial charge in [0.1, 0.15) is 0 Å². The van der Waals surface area contributed by atoms with Gasteiger partial charge in [0.25, 0.3) is 0 Å². The number of rotatable bonds is 5. The average molecular weight is 277 g/mol. The molecule has 3 nitrogen and oxygen atoms in total. The molecule has 0 saturated carbocycles. The predicted molar refractivity (Wildman–Crippen MR) is 85.9 cm³/mol. The van der Waals surface area contributed by atoms with Crippen LogP contribution in [0.4, 0.5) is 0 Å². The maximum Gasteiger partial charge on any atom is 0.0223 e. The van der Waals surface area contributed by atoms with E-state index in [1.165, 1.54) is 24.8 Å². The van der Waals surface area contributed by atoms with Gasteiger partial charge in [-0.2, -0.15) is 0 Å². The van der Waals surface area contributed by atoms with Crippen LogP contribution in [0.5, 0.6) is 0 Å². The fourth-order valence-electron chi connectivity index (χ4n) is 3.72. The predicted octanol–water partition coefficient (Wildman–Crippen LogP) is 3.30. The van der Waals surface area contributed by atoms with Crippen LogP contribution in [0.15, 0.2) is 18.5 Å². The van der Waals surface area contributed by atoms with E-state index in [0.717, 1.165) is 13.1 Å². The summed E-state index contributed by atoms with van der Waals surface area (Å²) in [7, 11) is 0. The largest absolute Gasteiger partial charge is 0.354 e. The van der Waals surface area contributed by atoms with E-state index in [0.29, 0.717) is 6.04 Å². The molecule has 0 bridgehead atoms. The van der Waals surface area contributed by atoms with Gasteiger partial charge in [-0.3, -0.25) is 0 Å². The maximum atomic E-state index is 3.75. The molecule has 1 aromatic rings. The van der Waals surface area contributed by atoms with Crippen molar-refractivity contribution in [2.75, 3.05) is 0 Å². The fraction of sp³-hybridized carbons (Fsp3) is 0.765. The Morgan fingerprint density at radius 2 is 1.90 bits per heavy atom. The molecule has 1 aliphatic heterocycles. The van der Waals surface area contributed by atoms with Crippen LogP contribution in [0, 0.1) is 0 Å². The number of aryl methyl sites for hydroxylation is 1. The molecule has 1 aliphatic rings. The lowest BCUT2D eigenvalue weighted by Crippen LogP contribution is -2.61. The van der Waals surface area contributed by atoms with Gasteiger partial charge in [-0.1, -0.05) is 6.92 Å². The van der Waals surface area contributed by atoms with Gasteiger partial charge in [0.2, 0.25) is 0 Å². The molecule has 3 heteroatoms. The Balaban J connectivity index is 1.89. The van der Waals surface area contributed by atoms with Gasteiger partial charge in [0.05, 0.1) is 0 Å². The third-order valence-electron chi connectivity index (χ3n) is 4.08. The quantitative estimate of drug-likeness (QED) is 0.864. The van der Waals surface area contributed by atoms with Crippen LogP contribution in [-0.2, 0) is 13.1 Å². The summed E-state index contributed by atoms with van der Waals surface area (Å²) >= 11 is 0. The summed E-state index contributed by atoms with van der Waals surface area (Å²) < 4.78 is 2.29. The van der Waals surface area contributed by atoms with Gasteiger partial charge < -0.3 is 15.2 Å². The molecule has 2 heterocycles. The molecule has 0 spiro atoms. The molecular formula is C17H31N3. The molecule has 1 aromatic heterocycles. The van der Waals surface area contributed by atoms with Crippen LogP contribution in [0.25, 0.3) is 0 Å². The number of aromatic nitrogens is 1. The van der Waals surface area contributed by atoms with Gasteiger partial charge in [0, 0.05) is 42.6 Å². The first kappa shape index (κ1) is 15.6. The van der Waals surface area contributed by atoms with Crippen LogP contribution in [0.1, 0.15) is 59.4 Å². The van der Waals surface area contributed by atoms with Crippen LogP contribution in [0.3, 0.4) is 0 Å². The highest BCUT2D eigenvalue weighted by Crippen LogP contribution is 2.28. The molecule has 1 saturated heterocycles. The van der Waals surface area contributed by atoms with Crippen LogP contribution < -0.4 is 10.6 Å². The zero-order chi connectivity index (χ0) is 14.8. The lowest BCUT2D eigenvalue weighted by Gasteiger charge is -2.46. The van der Waals surface area contributed by atoms with Crippen molar-refractivity contribution in [3.05, 3.63) is 24.0 Å². The van der Waals surface area contributed by atoms with Gasteiger partial charge in [-0.05, 0) is 58.6 Å². The molecule has 0 atom stereocenters. The molecule has 20 heavy (non-hydrogen) atoms. The Kier molecular flexibility index (Phi) is 4.60. The van der Waals surface area contributed by atoms with Crippen LogP contribution in [-0.4, -0.2) is 21.7 Å². The van der Waals surface area contributed by atoms with Gasteiger partial charge in [0.15, 0.2) is 0 Å². The smallest absolute Gasteiger partial charge is 0.0223 e. The molecule has 2 rings (SSSR count). The summed E-state index contributed by atoms with van der Waals surface area (Å²) in [6.45, 7) is 13.5. The highest BCUT2D eigenvalue weighted by atomic mass is 15.1. The van der Waals surface area contributed by atoms with Crippen molar-refractivity contribution in [3.63, 3.8) is 0 Å². The summed E-state index contributed by atoms with van der Waals surface area (Å²) in [5, 5.41) is 7.49. The van der Waals surface area contributed by atoms with Crippen molar-refractivity contribution in [1.82, 2.24) is 15.2 Å². The van der Waals surface area contributed by atoms with E-state index in [4.69, 9.17) is 0 Å². The lowest BCUT2D eigenvalue weighted by molar-refractivity contribution is 0.145. The molecule has 0 unspecified atom stereocenters.